The first-order valence-electron chi connectivity index (χ1n) is 10.4. The summed E-state index contributed by atoms with van der Waals surface area (Å²) in [6, 6.07) is 16.4. The Morgan fingerprint density at radius 1 is 1.03 bits per heavy atom. The van der Waals surface area contributed by atoms with E-state index in [0.717, 1.165) is 35.7 Å². The molecular weight excluding hydrogens is 398 g/mol. The number of amides is 1. The molecule has 1 aliphatic heterocycles. The molecule has 1 saturated heterocycles. The van der Waals surface area contributed by atoms with Crippen molar-refractivity contribution in [1.82, 2.24) is 14.2 Å². The van der Waals surface area contributed by atoms with Gasteiger partial charge in [0.25, 0.3) is 0 Å². The molecular formula is C23H27N3O3S. The van der Waals surface area contributed by atoms with Crippen molar-refractivity contribution in [2.24, 2.45) is 0 Å². The van der Waals surface area contributed by atoms with Gasteiger partial charge in [0.15, 0.2) is 0 Å². The predicted octanol–water partition coefficient (Wildman–Crippen LogP) is 3.69. The molecule has 1 unspecified atom stereocenters. The zero-order valence-electron chi connectivity index (χ0n) is 17.1. The molecule has 1 atom stereocenters. The van der Waals surface area contributed by atoms with E-state index >= 15 is 0 Å². The lowest BCUT2D eigenvalue weighted by molar-refractivity contribution is -0.123. The third kappa shape index (κ3) is 4.13. The molecule has 6 nitrogen and oxygen atoms in total. The summed E-state index contributed by atoms with van der Waals surface area (Å²) in [7, 11) is -3.48. The highest BCUT2D eigenvalue weighted by atomic mass is 32.2. The van der Waals surface area contributed by atoms with Gasteiger partial charge in [-0.05, 0) is 49.6 Å². The lowest BCUT2D eigenvalue weighted by atomic mass is 10.2. The van der Waals surface area contributed by atoms with E-state index in [2.05, 4.69) is 5.32 Å². The van der Waals surface area contributed by atoms with E-state index in [-0.39, 0.29) is 5.91 Å². The molecule has 158 valence electrons. The molecule has 3 aromatic rings. The number of aromatic nitrogens is 1. The third-order valence-electron chi connectivity index (χ3n) is 5.75. The van der Waals surface area contributed by atoms with Crippen molar-refractivity contribution in [2.75, 3.05) is 13.1 Å². The molecule has 30 heavy (non-hydrogen) atoms. The van der Waals surface area contributed by atoms with E-state index in [1.807, 2.05) is 54.1 Å². The standard InChI is InChI=1S/C23H27N3O3S/c1-18(23(27)24-17-19-8-4-2-5-9-19)26-15-12-20-16-21(10-11-22(20)26)30(28,29)25-13-6-3-7-14-25/h2,4-5,8-12,15-16,18H,3,6-7,13-14,17H2,1H3,(H,24,27). The van der Waals surface area contributed by atoms with Crippen LogP contribution in [0.4, 0.5) is 0 Å². The normalized spacial score (nSPS) is 16.4. The fourth-order valence-corrected chi connectivity index (χ4v) is 5.51. The lowest BCUT2D eigenvalue weighted by Gasteiger charge is -2.26. The Balaban J connectivity index is 1.52. The molecule has 2 aromatic carbocycles. The van der Waals surface area contributed by atoms with Crippen LogP contribution in [0.3, 0.4) is 0 Å². The quantitative estimate of drug-likeness (QED) is 0.655. The number of carbonyl (C=O) groups excluding carboxylic acids is 1. The molecule has 1 fully saturated rings. The van der Waals surface area contributed by atoms with Crippen LogP contribution in [-0.4, -0.2) is 36.3 Å². The van der Waals surface area contributed by atoms with E-state index < -0.39 is 16.1 Å². The third-order valence-corrected chi connectivity index (χ3v) is 7.65. The topological polar surface area (TPSA) is 71.4 Å². The van der Waals surface area contributed by atoms with Crippen LogP contribution >= 0.6 is 0 Å². The summed E-state index contributed by atoms with van der Waals surface area (Å²) in [5.41, 5.74) is 1.89. The maximum atomic E-state index is 13.0. The van der Waals surface area contributed by atoms with Gasteiger partial charge >= 0.3 is 0 Å². The van der Waals surface area contributed by atoms with Gasteiger partial charge in [0, 0.05) is 36.7 Å². The fourth-order valence-electron chi connectivity index (χ4n) is 3.95. The number of sulfonamides is 1. The van der Waals surface area contributed by atoms with Crippen LogP contribution < -0.4 is 5.32 Å². The molecule has 1 aromatic heterocycles. The SMILES string of the molecule is CC(C(=O)NCc1ccccc1)n1ccc2cc(S(=O)(=O)N3CCCCC3)ccc21. The Morgan fingerprint density at radius 2 is 1.77 bits per heavy atom. The van der Waals surface area contributed by atoms with Gasteiger partial charge in [0.1, 0.15) is 6.04 Å². The number of hydrogen-bond acceptors (Lipinski definition) is 3. The summed E-state index contributed by atoms with van der Waals surface area (Å²) in [5.74, 6) is -0.0821. The molecule has 0 bridgehead atoms. The molecule has 0 spiro atoms. The lowest BCUT2D eigenvalue weighted by Crippen LogP contribution is -2.35. The van der Waals surface area contributed by atoms with Gasteiger partial charge in [-0.3, -0.25) is 4.79 Å². The van der Waals surface area contributed by atoms with Gasteiger partial charge in [-0.15, -0.1) is 0 Å². The monoisotopic (exact) mass is 425 g/mol. The molecule has 0 aliphatic carbocycles. The van der Waals surface area contributed by atoms with Crippen molar-refractivity contribution < 1.29 is 13.2 Å². The Morgan fingerprint density at radius 3 is 2.50 bits per heavy atom. The van der Waals surface area contributed by atoms with Crippen LogP contribution in [0, 0.1) is 0 Å². The highest BCUT2D eigenvalue weighted by Crippen LogP contribution is 2.26. The van der Waals surface area contributed by atoms with E-state index in [9.17, 15) is 13.2 Å². The van der Waals surface area contributed by atoms with Crippen molar-refractivity contribution in [2.45, 2.75) is 43.7 Å². The highest BCUT2D eigenvalue weighted by Gasteiger charge is 2.26. The summed E-state index contributed by atoms with van der Waals surface area (Å²) in [4.78, 5) is 13.0. The fraction of sp³-hybridized carbons (Fsp3) is 0.348. The van der Waals surface area contributed by atoms with Gasteiger partial charge in [-0.1, -0.05) is 36.8 Å². The summed E-state index contributed by atoms with van der Waals surface area (Å²) < 4.78 is 29.4. The molecule has 4 rings (SSSR count). The van der Waals surface area contributed by atoms with Crippen LogP contribution in [0.2, 0.25) is 0 Å². The van der Waals surface area contributed by atoms with Gasteiger partial charge in [-0.2, -0.15) is 4.31 Å². The number of carbonyl (C=O) groups is 1. The Kier molecular flexibility index (Phi) is 5.92. The summed E-state index contributed by atoms with van der Waals surface area (Å²) >= 11 is 0. The van der Waals surface area contributed by atoms with E-state index in [0.29, 0.717) is 24.5 Å². The second-order valence-electron chi connectivity index (χ2n) is 7.79. The maximum Gasteiger partial charge on any atom is 0.243 e. The summed E-state index contributed by atoms with van der Waals surface area (Å²) in [5, 5.41) is 3.78. The van der Waals surface area contributed by atoms with Crippen LogP contribution in [0.15, 0.2) is 65.7 Å². The number of fused-ring (bicyclic) bond motifs is 1. The molecule has 2 heterocycles. The number of rotatable bonds is 6. The van der Waals surface area contributed by atoms with Crippen LogP contribution in [0.5, 0.6) is 0 Å². The Labute approximate surface area is 177 Å². The van der Waals surface area contributed by atoms with Crippen LogP contribution in [0.1, 0.15) is 37.8 Å². The molecule has 7 heteroatoms. The molecule has 0 saturated carbocycles. The molecule has 0 radical (unpaired) electrons. The van der Waals surface area contributed by atoms with E-state index in [1.54, 1.807) is 22.5 Å². The smallest absolute Gasteiger partial charge is 0.243 e. The van der Waals surface area contributed by atoms with Gasteiger partial charge in [-0.25, -0.2) is 8.42 Å². The number of benzene rings is 2. The average molecular weight is 426 g/mol. The summed E-state index contributed by atoms with van der Waals surface area (Å²) in [6.45, 7) is 3.49. The second-order valence-corrected chi connectivity index (χ2v) is 9.73. The number of piperidine rings is 1. The van der Waals surface area contributed by atoms with Gasteiger partial charge < -0.3 is 9.88 Å². The largest absolute Gasteiger partial charge is 0.350 e. The minimum Gasteiger partial charge on any atom is -0.350 e. The molecule has 1 N–H and O–H groups in total. The van der Waals surface area contributed by atoms with Crippen molar-refractivity contribution in [3.05, 3.63) is 66.4 Å². The maximum absolute atomic E-state index is 13.0. The minimum atomic E-state index is -3.48. The van der Waals surface area contributed by atoms with E-state index in [1.165, 1.54) is 0 Å². The first kappa shape index (κ1) is 20.6. The second kappa shape index (κ2) is 8.62. The predicted molar refractivity (Wildman–Crippen MR) is 118 cm³/mol. The average Bonchev–Trinajstić information content (AvgIpc) is 3.21. The zero-order chi connectivity index (χ0) is 21.1. The van der Waals surface area contributed by atoms with Crippen LogP contribution in [-0.2, 0) is 21.4 Å². The highest BCUT2D eigenvalue weighted by molar-refractivity contribution is 7.89. The van der Waals surface area contributed by atoms with Crippen molar-refractivity contribution in [3.8, 4) is 0 Å². The Hall–Kier alpha value is -2.64. The van der Waals surface area contributed by atoms with Crippen molar-refractivity contribution in [1.29, 1.82) is 0 Å². The van der Waals surface area contributed by atoms with Crippen molar-refractivity contribution >= 4 is 26.8 Å². The first-order chi connectivity index (χ1) is 14.5. The van der Waals surface area contributed by atoms with Gasteiger partial charge in [0.05, 0.1) is 4.90 Å². The number of nitrogens with one attached hydrogen (secondary N) is 1. The number of nitrogens with zero attached hydrogens (tertiary/aromatic N) is 2. The Bertz CT molecular complexity index is 1130. The minimum absolute atomic E-state index is 0.0821. The van der Waals surface area contributed by atoms with Crippen LogP contribution in [0.25, 0.3) is 10.9 Å². The van der Waals surface area contributed by atoms with E-state index in [4.69, 9.17) is 0 Å². The molecule has 1 amide bonds. The number of hydrogen-bond donors (Lipinski definition) is 1. The molecule has 1 aliphatic rings. The van der Waals surface area contributed by atoms with Crippen molar-refractivity contribution in [3.63, 3.8) is 0 Å². The van der Waals surface area contributed by atoms with Gasteiger partial charge in [0.2, 0.25) is 15.9 Å². The zero-order valence-corrected chi connectivity index (χ0v) is 17.9. The first-order valence-corrected chi connectivity index (χ1v) is 11.8. The summed E-state index contributed by atoms with van der Waals surface area (Å²) in [6.07, 6.45) is 4.74.